The second-order valence-electron chi connectivity index (χ2n) is 5.02. The lowest BCUT2D eigenvalue weighted by Gasteiger charge is -2.25. The van der Waals surface area contributed by atoms with E-state index < -0.39 is 17.9 Å². The summed E-state index contributed by atoms with van der Waals surface area (Å²) < 4.78 is 0. The van der Waals surface area contributed by atoms with Crippen LogP contribution in [0.15, 0.2) is 24.4 Å². The molecule has 0 fully saturated rings. The van der Waals surface area contributed by atoms with Crippen LogP contribution in [0.2, 0.25) is 0 Å². The second kappa shape index (κ2) is 6.29. The Kier molecular flexibility index (Phi) is 5.00. The summed E-state index contributed by atoms with van der Waals surface area (Å²) in [4.78, 5) is 26.3. The maximum Gasteiger partial charge on any atom is 0.305 e. The fraction of sp³-hybridized carbons (Fsp3) is 0.462. The van der Waals surface area contributed by atoms with E-state index >= 15 is 0 Å². The molecule has 1 atom stereocenters. The first-order valence-electron chi connectivity index (χ1n) is 5.99. The van der Waals surface area contributed by atoms with Gasteiger partial charge in [0.05, 0.1) is 12.5 Å². The van der Waals surface area contributed by atoms with Gasteiger partial charge in [0.1, 0.15) is 0 Å². The highest BCUT2D eigenvalue weighted by molar-refractivity contribution is 5.85. The molecule has 0 aliphatic rings. The Balaban J connectivity index is 2.56. The van der Waals surface area contributed by atoms with Gasteiger partial charge in [-0.2, -0.15) is 0 Å². The first-order valence-corrected chi connectivity index (χ1v) is 5.99. The van der Waals surface area contributed by atoms with Crippen molar-refractivity contribution in [1.29, 1.82) is 0 Å². The largest absolute Gasteiger partial charge is 0.481 e. The first-order chi connectivity index (χ1) is 8.83. The third-order valence-corrected chi connectivity index (χ3v) is 2.79. The van der Waals surface area contributed by atoms with Crippen molar-refractivity contribution in [3.63, 3.8) is 0 Å². The molecule has 104 valence electrons. The third kappa shape index (κ3) is 4.67. The van der Waals surface area contributed by atoms with Gasteiger partial charge in [0.15, 0.2) is 0 Å². The zero-order chi connectivity index (χ0) is 14.5. The van der Waals surface area contributed by atoms with Crippen LogP contribution in [0.3, 0.4) is 0 Å². The molecule has 4 N–H and O–H groups in total. The van der Waals surface area contributed by atoms with Crippen molar-refractivity contribution in [2.24, 2.45) is 5.73 Å². The highest BCUT2D eigenvalue weighted by Crippen LogP contribution is 2.19. The van der Waals surface area contributed by atoms with Gasteiger partial charge in [-0.1, -0.05) is 19.9 Å². The SMILES string of the molecule is CC(C)(CNC(=O)C(N)CC(=O)O)c1ccccn1. The Morgan fingerprint density at radius 3 is 2.68 bits per heavy atom. The predicted molar refractivity (Wildman–Crippen MR) is 70.5 cm³/mol. The number of carboxylic acid groups (broad SMARTS) is 1. The van der Waals surface area contributed by atoms with E-state index in [1.807, 2.05) is 32.0 Å². The van der Waals surface area contributed by atoms with Gasteiger partial charge in [0.25, 0.3) is 0 Å². The molecule has 1 amide bonds. The van der Waals surface area contributed by atoms with Crippen molar-refractivity contribution in [3.8, 4) is 0 Å². The quantitative estimate of drug-likeness (QED) is 0.685. The van der Waals surface area contributed by atoms with Crippen molar-refractivity contribution in [1.82, 2.24) is 10.3 Å². The zero-order valence-corrected chi connectivity index (χ0v) is 11.1. The maximum atomic E-state index is 11.6. The lowest BCUT2D eigenvalue weighted by Crippen LogP contribution is -2.46. The van der Waals surface area contributed by atoms with E-state index in [-0.39, 0.29) is 11.8 Å². The fourth-order valence-electron chi connectivity index (χ4n) is 1.57. The molecule has 1 rings (SSSR count). The van der Waals surface area contributed by atoms with E-state index in [1.165, 1.54) is 0 Å². The van der Waals surface area contributed by atoms with Gasteiger partial charge in [0, 0.05) is 23.9 Å². The van der Waals surface area contributed by atoms with Crippen LogP contribution in [-0.4, -0.2) is 34.6 Å². The molecule has 0 saturated carbocycles. The minimum Gasteiger partial charge on any atom is -0.481 e. The predicted octanol–water partition coefficient (Wildman–Crippen LogP) is 0.277. The fourth-order valence-corrected chi connectivity index (χ4v) is 1.57. The van der Waals surface area contributed by atoms with Crippen molar-refractivity contribution < 1.29 is 14.7 Å². The molecular weight excluding hydrogens is 246 g/mol. The Hall–Kier alpha value is -1.95. The summed E-state index contributed by atoms with van der Waals surface area (Å²) >= 11 is 0. The summed E-state index contributed by atoms with van der Waals surface area (Å²) in [7, 11) is 0. The molecule has 0 saturated heterocycles. The number of nitrogens with one attached hydrogen (secondary N) is 1. The molecule has 0 bridgehead atoms. The summed E-state index contributed by atoms with van der Waals surface area (Å²) in [6, 6.07) is 4.55. The highest BCUT2D eigenvalue weighted by atomic mass is 16.4. The van der Waals surface area contributed by atoms with Crippen LogP contribution in [0.1, 0.15) is 26.0 Å². The van der Waals surface area contributed by atoms with Gasteiger partial charge < -0.3 is 16.2 Å². The standard InChI is InChI=1S/C13H19N3O3/c1-13(2,10-5-3-4-6-15-10)8-16-12(19)9(14)7-11(17)18/h3-6,9H,7-8,14H2,1-2H3,(H,16,19)(H,17,18). The smallest absolute Gasteiger partial charge is 0.305 e. The summed E-state index contributed by atoms with van der Waals surface area (Å²) in [5, 5.41) is 11.2. The lowest BCUT2D eigenvalue weighted by molar-refractivity contribution is -0.139. The topological polar surface area (TPSA) is 105 Å². The summed E-state index contributed by atoms with van der Waals surface area (Å²) in [5.41, 5.74) is 5.98. The van der Waals surface area contributed by atoms with E-state index in [0.717, 1.165) is 5.69 Å². The average molecular weight is 265 g/mol. The monoisotopic (exact) mass is 265 g/mol. The molecule has 6 heteroatoms. The van der Waals surface area contributed by atoms with E-state index in [2.05, 4.69) is 10.3 Å². The normalized spacial score (nSPS) is 12.8. The molecule has 1 heterocycles. The maximum absolute atomic E-state index is 11.6. The molecule has 0 radical (unpaired) electrons. The van der Waals surface area contributed by atoms with Crippen LogP contribution in [0, 0.1) is 0 Å². The van der Waals surface area contributed by atoms with Gasteiger partial charge in [0.2, 0.25) is 5.91 Å². The first kappa shape index (κ1) is 15.1. The van der Waals surface area contributed by atoms with E-state index in [0.29, 0.717) is 6.54 Å². The number of aliphatic carboxylic acids is 1. The van der Waals surface area contributed by atoms with Gasteiger partial charge in [-0.25, -0.2) is 0 Å². The average Bonchev–Trinajstić information content (AvgIpc) is 2.36. The molecular formula is C13H19N3O3. The Labute approximate surface area is 112 Å². The van der Waals surface area contributed by atoms with Crippen LogP contribution in [0.25, 0.3) is 0 Å². The number of pyridine rings is 1. The number of hydrogen-bond donors (Lipinski definition) is 3. The minimum atomic E-state index is -1.09. The number of hydrogen-bond acceptors (Lipinski definition) is 4. The Bertz CT molecular complexity index is 446. The van der Waals surface area contributed by atoms with Crippen LogP contribution in [0.4, 0.5) is 0 Å². The lowest BCUT2D eigenvalue weighted by atomic mass is 9.88. The van der Waals surface area contributed by atoms with Crippen LogP contribution < -0.4 is 11.1 Å². The number of carbonyl (C=O) groups excluding carboxylic acids is 1. The number of amides is 1. The molecule has 0 aromatic carbocycles. The summed E-state index contributed by atoms with van der Waals surface area (Å²) in [6.07, 6.45) is 1.31. The second-order valence-corrected chi connectivity index (χ2v) is 5.02. The molecule has 19 heavy (non-hydrogen) atoms. The number of carbonyl (C=O) groups is 2. The van der Waals surface area contributed by atoms with Crippen molar-refractivity contribution in [2.75, 3.05) is 6.54 Å². The van der Waals surface area contributed by atoms with Gasteiger partial charge in [-0.05, 0) is 12.1 Å². The molecule has 0 aliphatic carbocycles. The zero-order valence-electron chi connectivity index (χ0n) is 11.1. The highest BCUT2D eigenvalue weighted by Gasteiger charge is 2.24. The van der Waals surface area contributed by atoms with E-state index in [4.69, 9.17) is 10.8 Å². The van der Waals surface area contributed by atoms with E-state index in [1.54, 1.807) is 6.20 Å². The molecule has 1 aromatic rings. The Morgan fingerprint density at radius 1 is 1.47 bits per heavy atom. The molecule has 0 aliphatic heterocycles. The number of nitrogens with zero attached hydrogens (tertiary/aromatic N) is 1. The van der Waals surface area contributed by atoms with E-state index in [9.17, 15) is 9.59 Å². The Morgan fingerprint density at radius 2 is 2.16 bits per heavy atom. The van der Waals surface area contributed by atoms with Crippen LogP contribution in [-0.2, 0) is 15.0 Å². The van der Waals surface area contributed by atoms with Gasteiger partial charge >= 0.3 is 5.97 Å². The van der Waals surface area contributed by atoms with Gasteiger partial charge in [-0.15, -0.1) is 0 Å². The van der Waals surface area contributed by atoms with Crippen LogP contribution >= 0.6 is 0 Å². The number of rotatable bonds is 6. The number of carboxylic acids is 1. The van der Waals surface area contributed by atoms with Crippen molar-refractivity contribution in [2.45, 2.75) is 31.7 Å². The summed E-state index contributed by atoms with van der Waals surface area (Å²) in [6.45, 7) is 4.23. The van der Waals surface area contributed by atoms with Crippen molar-refractivity contribution >= 4 is 11.9 Å². The third-order valence-electron chi connectivity index (χ3n) is 2.79. The molecule has 1 unspecified atom stereocenters. The summed E-state index contributed by atoms with van der Waals surface area (Å²) in [5.74, 6) is -1.56. The van der Waals surface area contributed by atoms with Crippen molar-refractivity contribution in [3.05, 3.63) is 30.1 Å². The number of aromatic nitrogens is 1. The minimum absolute atomic E-state index is 0.343. The van der Waals surface area contributed by atoms with Crippen LogP contribution in [0.5, 0.6) is 0 Å². The molecule has 1 aromatic heterocycles. The molecule has 0 spiro atoms. The number of nitrogens with two attached hydrogens (primary N) is 1. The molecule has 6 nitrogen and oxygen atoms in total. The van der Waals surface area contributed by atoms with Gasteiger partial charge in [-0.3, -0.25) is 14.6 Å².